The Morgan fingerprint density at radius 1 is 1.33 bits per heavy atom. The van der Waals surface area contributed by atoms with Crippen LogP contribution >= 0.6 is 24.0 Å². The van der Waals surface area contributed by atoms with E-state index in [2.05, 4.69) is 12.6 Å². The van der Waals surface area contributed by atoms with Crippen molar-refractivity contribution in [1.29, 1.82) is 0 Å². The zero-order valence-electron chi connectivity index (χ0n) is 11.9. The van der Waals surface area contributed by atoms with Gasteiger partial charge in [-0.15, -0.1) is 11.3 Å². The number of hydrogen-bond acceptors (Lipinski definition) is 4. The summed E-state index contributed by atoms with van der Waals surface area (Å²) in [5, 5.41) is 10.7. The number of rotatable bonds is 5. The molecule has 21 heavy (non-hydrogen) atoms. The molecule has 1 aromatic carbocycles. The fourth-order valence-electron chi connectivity index (χ4n) is 1.99. The number of anilines is 1. The van der Waals surface area contributed by atoms with E-state index in [-0.39, 0.29) is 18.9 Å². The van der Waals surface area contributed by atoms with Crippen molar-refractivity contribution >= 4 is 50.9 Å². The van der Waals surface area contributed by atoms with E-state index in [4.69, 9.17) is 5.11 Å². The highest BCUT2D eigenvalue weighted by atomic mass is 32.1. The largest absolute Gasteiger partial charge is 0.480 e. The van der Waals surface area contributed by atoms with Gasteiger partial charge in [0.05, 0.1) is 5.00 Å². The van der Waals surface area contributed by atoms with E-state index >= 15 is 0 Å². The number of carboxylic acid groups (broad SMARTS) is 1. The van der Waals surface area contributed by atoms with Crippen molar-refractivity contribution in [2.24, 2.45) is 0 Å². The molecule has 0 aliphatic heterocycles. The van der Waals surface area contributed by atoms with Crippen LogP contribution in [0.3, 0.4) is 0 Å². The summed E-state index contributed by atoms with van der Waals surface area (Å²) in [5.74, 6) is -1.26. The number of benzene rings is 1. The lowest BCUT2D eigenvalue weighted by molar-refractivity contribution is -0.136. The SMILES string of the molecule is CC(C)(S)CC(=O)N(CC(=O)O)c1cc2ccccc2s1. The highest BCUT2D eigenvalue weighted by Crippen LogP contribution is 2.33. The van der Waals surface area contributed by atoms with E-state index in [1.54, 1.807) is 0 Å². The molecule has 112 valence electrons. The molecular formula is C15H17NO3S2. The Morgan fingerprint density at radius 3 is 2.57 bits per heavy atom. The monoisotopic (exact) mass is 323 g/mol. The zero-order valence-corrected chi connectivity index (χ0v) is 13.6. The second-order valence-corrected chi connectivity index (χ2v) is 7.76. The van der Waals surface area contributed by atoms with Crippen LogP contribution in [0.5, 0.6) is 0 Å². The van der Waals surface area contributed by atoms with Gasteiger partial charge in [-0.2, -0.15) is 12.6 Å². The molecule has 4 nitrogen and oxygen atoms in total. The maximum Gasteiger partial charge on any atom is 0.323 e. The number of hydrogen-bond donors (Lipinski definition) is 2. The van der Waals surface area contributed by atoms with Crippen molar-refractivity contribution in [2.75, 3.05) is 11.4 Å². The number of carboxylic acids is 1. The summed E-state index contributed by atoms with van der Waals surface area (Å²) >= 11 is 5.77. The molecule has 2 aromatic rings. The van der Waals surface area contributed by atoms with Gasteiger partial charge in [0.25, 0.3) is 0 Å². The van der Waals surface area contributed by atoms with Crippen LogP contribution in [0.2, 0.25) is 0 Å². The van der Waals surface area contributed by atoms with Crippen molar-refractivity contribution in [2.45, 2.75) is 25.0 Å². The number of carbonyl (C=O) groups excluding carboxylic acids is 1. The second kappa shape index (κ2) is 6.07. The van der Waals surface area contributed by atoms with Crippen molar-refractivity contribution < 1.29 is 14.7 Å². The Kier molecular flexibility index (Phi) is 4.58. The molecule has 0 atom stereocenters. The lowest BCUT2D eigenvalue weighted by atomic mass is 10.1. The lowest BCUT2D eigenvalue weighted by Crippen LogP contribution is -2.37. The van der Waals surface area contributed by atoms with Gasteiger partial charge in [0.1, 0.15) is 6.54 Å². The molecule has 1 heterocycles. The zero-order chi connectivity index (χ0) is 15.6. The van der Waals surface area contributed by atoms with Crippen LogP contribution < -0.4 is 4.90 Å². The first-order chi connectivity index (χ1) is 9.76. The minimum atomic E-state index is -1.03. The van der Waals surface area contributed by atoms with E-state index < -0.39 is 10.7 Å². The molecule has 0 saturated carbocycles. The number of thiol groups is 1. The topological polar surface area (TPSA) is 57.6 Å². The minimum Gasteiger partial charge on any atom is -0.480 e. The quantitative estimate of drug-likeness (QED) is 0.829. The van der Waals surface area contributed by atoms with Gasteiger partial charge < -0.3 is 5.11 Å². The van der Waals surface area contributed by atoms with Crippen LogP contribution in [0.25, 0.3) is 10.1 Å². The smallest absolute Gasteiger partial charge is 0.323 e. The van der Waals surface area contributed by atoms with E-state index in [1.165, 1.54) is 16.2 Å². The minimum absolute atomic E-state index is 0.178. The van der Waals surface area contributed by atoms with E-state index in [0.717, 1.165) is 10.1 Å². The third-order valence-corrected chi connectivity index (χ3v) is 4.15. The maximum absolute atomic E-state index is 12.4. The van der Waals surface area contributed by atoms with E-state index in [0.29, 0.717) is 5.00 Å². The normalized spacial score (nSPS) is 11.6. The van der Waals surface area contributed by atoms with Gasteiger partial charge in [-0.25, -0.2) is 0 Å². The molecule has 1 N–H and O–H groups in total. The first-order valence-electron chi connectivity index (χ1n) is 6.49. The molecule has 0 fully saturated rings. The number of thiophene rings is 1. The van der Waals surface area contributed by atoms with Gasteiger partial charge in [-0.3, -0.25) is 14.5 Å². The number of aliphatic carboxylic acids is 1. The van der Waals surface area contributed by atoms with Gasteiger partial charge in [0.2, 0.25) is 5.91 Å². The average molecular weight is 323 g/mol. The first-order valence-corrected chi connectivity index (χ1v) is 7.76. The van der Waals surface area contributed by atoms with Crippen LogP contribution in [-0.4, -0.2) is 28.3 Å². The molecule has 0 saturated heterocycles. The predicted octanol–water partition coefficient (Wildman–Crippen LogP) is 3.42. The molecular weight excluding hydrogens is 306 g/mol. The Morgan fingerprint density at radius 2 is 2.00 bits per heavy atom. The van der Waals surface area contributed by atoms with Crippen molar-refractivity contribution in [3.05, 3.63) is 30.3 Å². The average Bonchev–Trinajstić information content (AvgIpc) is 2.76. The van der Waals surface area contributed by atoms with Gasteiger partial charge in [0.15, 0.2) is 0 Å². The van der Waals surface area contributed by atoms with Crippen LogP contribution in [0.15, 0.2) is 30.3 Å². The molecule has 0 aliphatic carbocycles. The van der Waals surface area contributed by atoms with Crippen LogP contribution in [0.4, 0.5) is 5.00 Å². The molecule has 0 aliphatic rings. The Bertz CT molecular complexity index is 640. The molecule has 0 spiro atoms. The molecule has 0 unspecified atom stereocenters. The fourth-order valence-corrected chi connectivity index (χ4v) is 3.21. The molecule has 0 radical (unpaired) electrons. The maximum atomic E-state index is 12.4. The highest BCUT2D eigenvalue weighted by molar-refractivity contribution is 7.81. The molecule has 1 aromatic heterocycles. The van der Waals surface area contributed by atoms with Crippen LogP contribution in [-0.2, 0) is 9.59 Å². The highest BCUT2D eigenvalue weighted by Gasteiger charge is 2.25. The summed E-state index contributed by atoms with van der Waals surface area (Å²) in [6.07, 6.45) is 0.178. The number of fused-ring (bicyclic) bond motifs is 1. The standard InChI is InChI=1S/C15H17NO3S2/c1-15(2,20)8-12(17)16(9-14(18)19)13-7-10-5-3-4-6-11(10)21-13/h3-7,20H,8-9H2,1-2H3,(H,18,19). The summed E-state index contributed by atoms with van der Waals surface area (Å²) in [6, 6.07) is 9.59. The second-order valence-electron chi connectivity index (χ2n) is 5.49. The van der Waals surface area contributed by atoms with Gasteiger partial charge in [0, 0.05) is 15.9 Å². The first kappa shape index (κ1) is 15.9. The molecule has 6 heteroatoms. The number of amides is 1. The van der Waals surface area contributed by atoms with Gasteiger partial charge >= 0.3 is 5.97 Å². The fraction of sp³-hybridized carbons (Fsp3) is 0.333. The van der Waals surface area contributed by atoms with Crippen LogP contribution in [0.1, 0.15) is 20.3 Å². The van der Waals surface area contributed by atoms with Crippen molar-refractivity contribution in [3.63, 3.8) is 0 Å². The molecule has 1 amide bonds. The van der Waals surface area contributed by atoms with E-state index in [9.17, 15) is 9.59 Å². The molecule has 2 rings (SSSR count). The summed E-state index contributed by atoms with van der Waals surface area (Å²) < 4.78 is 0.547. The summed E-state index contributed by atoms with van der Waals surface area (Å²) in [4.78, 5) is 24.8. The summed E-state index contributed by atoms with van der Waals surface area (Å²) in [6.45, 7) is 3.32. The number of carbonyl (C=O) groups is 2. The van der Waals surface area contributed by atoms with E-state index in [1.807, 2.05) is 44.2 Å². The van der Waals surface area contributed by atoms with Gasteiger partial charge in [-0.1, -0.05) is 32.0 Å². The Hall–Kier alpha value is -1.53. The third kappa shape index (κ3) is 4.22. The Labute approximate surface area is 132 Å². The predicted molar refractivity (Wildman–Crippen MR) is 89.5 cm³/mol. The Balaban J connectivity index is 2.35. The summed E-state index contributed by atoms with van der Waals surface area (Å²) in [7, 11) is 0. The van der Waals surface area contributed by atoms with Crippen LogP contribution in [0, 0.1) is 0 Å². The van der Waals surface area contributed by atoms with Gasteiger partial charge in [-0.05, 0) is 17.5 Å². The number of nitrogens with zero attached hydrogens (tertiary/aromatic N) is 1. The van der Waals surface area contributed by atoms with Crippen molar-refractivity contribution in [3.8, 4) is 0 Å². The molecule has 0 bridgehead atoms. The van der Waals surface area contributed by atoms with Crippen molar-refractivity contribution in [1.82, 2.24) is 0 Å². The summed E-state index contributed by atoms with van der Waals surface area (Å²) in [5.41, 5.74) is 0. The third-order valence-electron chi connectivity index (χ3n) is 2.86. The lowest BCUT2D eigenvalue weighted by Gasteiger charge is -2.23.